The molecule has 8 heteroatoms. The van der Waals surface area contributed by atoms with E-state index >= 15 is 0 Å². The maximum atomic E-state index is 13.3. The van der Waals surface area contributed by atoms with Crippen molar-refractivity contribution in [3.63, 3.8) is 0 Å². The fourth-order valence-corrected chi connectivity index (χ4v) is 6.30. The molecule has 8 nitrogen and oxygen atoms in total. The van der Waals surface area contributed by atoms with Gasteiger partial charge in [-0.3, -0.25) is 14.4 Å². The number of likely N-dealkylation sites (tertiary alicyclic amines) is 1. The van der Waals surface area contributed by atoms with E-state index in [0.717, 1.165) is 67.7 Å². The molecule has 2 atom stereocenters. The van der Waals surface area contributed by atoms with Gasteiger partial charge in [-0.15, -0.1) is 0 Å². The van der Waals surface area contributed by atoms with Crippen molar-refractivity contribution in [3.05, 3.63) is 59.2 Å². The van der Waals surface area contributed by atoms with Crippen LogP contribution in [-0.2, 0) is 16.1 Å². The standard InChI is InChI=1S/C34H47N3O5/c1-4-30(38)33(24-11-7-6-8-12-24)36-34(40)26-14-9-13-25(19-26)28-15-10-18-37(23-28)32(39)22-35-21-27-16-17-29(41-3)20-31(27)42-5-2/h9,13-14,16-17,19-20,24,28,33,35H,4-8,10-12,15,18,21-23H2,1-3H3,(H,36,40)/t28?,33-/m0/s1. The van der Waals surface area contributed by atoms with Crippen molar-refractivity contribution in [1.82, 2.24) is 15.5 Å². The summed E-state index contributed by atoms with van der Waals surface area (Å²) in [4.78, 5) is 41.1. The van der Waals surface area contributed by atoms with Crippen molar-refractivity contribution in [2.45, 2.75) is 83.7 Å². The van der Waals surface area contributed by atoms with Crippen molar-refractivity contribution in [2.24, 2.45) is 5.92 Å². The first kappa shape index (κ1) is 31.5. The Morgan fingerprint density at radius 1 is 1.00 bits per heavy atom. The van der Waals surface area contributed by atoms with Crippen LogP contribution < -0.4 is 20.1 Å². The summed E-state index contributed by atoms with van der Waals surface area (Å²) >= 11 is 0. The number of benzene rings is 2. The van der Waals surface area contributed by atoms with Crippen LogP contribution in [0.1, 0.15) is 92.6 Å². The van der Waals surface area contributed by atoms with Crippen LogP contribution in [0.3, 0.4) is 0 Å². The highest BCUT2D eigenvalue weighted by atomic mass is 16.5. The number of hydrogen-bond acceptors (Lipinski definition) is 6. The zero-order chi connectivity index (χ0) is 29.9. The molecule has 1 aliphatic carbocycles. The average molecular weight is 578 g/mol. The third-order valence-corrected chi connectivity index (χ3v) is 8.66. The number of carbonyl (C=O) groups excluding carboxylic acids is 3. The summed E-state index contributed by atoms with van der Waals surface area (Å²) in [6, 6.07) is 13.0. The molecule has 0 spiro atoms. The molecule has 0 radical (unpaired) electrons. The van der Waals surface area contributed by atoms with Gasteiger partial charge in [-0.2, -0.15) is 0 Å². The number of ketones is 1. The number of nitrogens with zero attached hydrogens (tertiary/aromatic N) is 1. The first-order valence-corrected chi connectivity index (χ1v) is 15.6. The number of nitrogens with one attached hydrogen (secondary N) is 2. The van der Waals surface area contributed by atoms with E-state index in [1.165, 1.54) is 6.42 Å². The molecular weight excluding hydrogens is 530 g/mol. The van der Waals surface area contributed by atoms with Gasteiger partial charge in [0.15, 0.2) is 5.78 Å². The van der Waals surface area contributed by atoms with Gasteiger partial charge in [0.25, 0.3) is 5.91 Å². The monoisotopic (exact) mass is 577 g/mol. The Balaban J connectivity index is 1.34. The van der Waals surface area contributed by atoms with Gasteiger partial charge in [-0.1, -0.05) is 44.4 Å². The number of carbonyl (C=O) groups is 3. The van der Waals surface area contributed by atoms with Crippen LogP contribution in [0.2, 0.25) is 0 Å². The van der Waals surface area contributed by atoms with E-state index in [0.29, 0.717) is 31.7 Å². The van der Waals surface area contributed by atoms with E-state index in [2.05, 4.69) is 10.6 Å². The first-order valence-electron chi connectivity index (χ1n) is 15.6. The smallest absolute Gasteiger partial charge is 0.251 e. The van der Waals surface area contributed by atoms with Crippen LogP contribution >= 0.6 is 0 Å². The quantitative estimate of drug-likeness (QED) is 0.338. The molecule has 42 heavy (non-hydrogen) atoms. The number of ether oxygens (including phenoxy) is 2. The molecule has 4 rings (SSSR count). The summed E-state index contributed by atoms with van der Waals surface area (Å²) < 4.78 is 11.1. The van der Waals surface area contributed by atoms with Gasteiger partial charge in [-0.25, -0.2) is 0 Å². The molecule has 1 aliphatic heterocycles. The fourth-order valence-electron chi connectivity index (χ4n) is 6.30. The normalized spacial score (nSPS) is 18.3. The second-order valence-corrected chi connectivity index (χ2v) is 11.5. The third kappa shape index (κ3) is 8.34. The Morgan fingerprint density at radius 3 is 2.55 bits per heavy atom. The molecule has 1 saturated heterocycles. The van der Waals surface area contributed by atoms with Crippen molar-refractivity contribution in [3.8, 4) is 11.5 Å². The molecule has 1 heterocycles. The van der Waals surface area contributed by atoms with E-state index < -0.39 is 6.04 Å². The van der Waals surface area contributed by atoms with Gasteiger partial charge < -0.3 is 25.0 Å². The summed E-state index contributed by atoms with van der Waals surface area (Å²) in [5.41, 5.74) is 2.61. The maximum Gasteiger partial charge on any atom is 0.251 e. The topological polar surface area (TPSA) is 97.0 Å². The highest BCUT2D eigenvalue weighted by Crippen LogP contribution is 2.30. The number of methoxy groups -OCH3 is 1. The summed E-state index contributed by atoms with van der Waals surface area (Å²) in [5, 5.41) is 6.37. The van der Waals surface area contributed by atoms with Gasteiger partial charge in [0.1, 0.15) is 11.5 Å². The Kier molecular flexibility index (Phi) is 11.8. The summed E-state index contributed by atoms with van der Waals surface area (Å²) in [6.45, 7) is 6.46. The maximum absolute atomic E-state index is 13.3. The summed E-state index contributed by atoms with van der Waals surface area (Å²) in [6.07, 6.45) is 7.72. The summed E-state index contributed by atoms with van der Waals surface area (Å²) in [7, 11) is 1.63. The minimum atomic E-state index is -0.413. The highest BCUT2D eigenvalue weighted by molar-refractivity contribution is 5.98. The van der Waals surface area contributed by atoms with Crippen molar-refractivity contribution in [1.29, 1.82) is 0 Å². The number of Topliss-reactive ketones (excluding diaryl/α,β-unsaturated/α-hetero) is 1. The summed E-state index contributed by atoms with van der Waals surface area (Å²) in [5.74, 6) is 1.86. The zero-order valence-electron chi connectivity index (χ0n) is 25.5. The minimum Gasteiger partial charge on any atom is -0.497 e. The number of piperidine rings is 1. The molecule has 2 amide bonds. The SMILES string of the molecule is CCOc1cc(OC)ccc1CNCC(=O)N1CCCC(c2cccc(C(=O)N[C@H](C(=O)CC)C3CCCCC3)c2)C1. The van der Waals surface area contributed by atoms with Crippen LogP contribution in [0.5, 0.6) is 11.5 Å². The molecule has 1 saturated carbocycles. The largest absolute Gasteiger partial charge is 0.497 e. The van der Waals surface area contributed by atoms with Gasteiger partial charge in [-0.05, 0) is 62.3 Å². The average Bonchev–Trinajstić information content (AvgIpc) is 3.04. The van der Waals surface area contributed by atoms with E-state index in [9.17, 15) is 14.4 Å². The van der Waals surface area contributed by atoms with E-state index in [4.69, 9.17) is 9.47 Å². The van der Waals surface area contributed by atoms with E-state index in [1.54, 1.807) is 7.11 Å². The number of hydrogen-bond donors (Lipinski definition) is 2. The Hall–Kier alpha value is -3.39. The number of amides is 2. The van der Waals surface area contributed by atoms with Gasteiger partial charge in [0, 0.05) is 49.2 Å². The van der Waals surface area contributed by atoms with Crippen LogP contribution in [0.15, 0.2) is 42.5 Å². The van der Waals surface area contributed by atoms with Crippen LogP contribution in [0.4, 0.5) is 0 Å². The fraction of sp³-hybridized carbons (Fsp3) is 0.559. The molecule has 0 aromatic heterocycles. The molecule has 228 valence electrons. The van der Waals surface area contributed by atoms with Crippen LogP contribution in [-0.4, -0.2) is 61.9 Å². The first-order chi connectivity index (χ1) is 20.4. The van der Waals surface area contributed by atoms with Crippen molar-refractivity contribution < 1.29 is 23.9 Å². The number of rotatable bonds is 13. The van der Waals surface area contributed by atoms with Gasteiger partial charge in [0.05, 0.1) is 26.3 Å². The molecule has 2 aromatic carbocycles. The molecule has 2 aromatic rings. The zero-order valence-corrected chi connectivity index (χ0v) is 25.5. The second kappa shape index (κ2) is 15.7. The highest BCUT2D eigenvalue weighted by Gasteiger charge is 2.30. The Bertz CT molecular complexity index is 1210. The van der Waals surface area contributed by atoms with Crippen molar-refractivity contribution in [2.75, 3.05) is 33.4 Å². The molecule has 2 aliphatic rings. The second-order valence-electron chi connectivity index (χ2n) is 11.5. The van der Waals surface area contributed by atoms with E-state index in [1.807, 2.05) is 61.2 Å². The lowest BCUT2D eigenvalue weighted by Crippen LogP contribution is -2.46. The molecule has 0 bridgehead atoms. The molecule has 2 fully saturated rings. The lowest BCUT2D eigenvalue weighted by atomic mass is 9.81. The minimum absolute atomic E-state index is 0.0634. The lowest BCUT2D eigenvalue weighted by molar-refractivity contribution is -0.131. The molecular formula is C34H47N3O5. The van der Waals surface area contributed by atoms with Crippen LogP contribution in [0, 0.1) is 5.92 Å². The molecule has 1 unspecified atom stereocenters. The van der Waals surface area contributed by atoms with Gasteiger partial charge >= 0.3 is 0 Å². The predicted molar refractivity (Wildman–Crippen MR) is 164 cm³/mol. The molecule has 2 N–H and O–H groups in total. The van der Waals surface area contributed by atoms with E-state index in [-0.39, 0.29) is 36.0 Å². The van der Waals surface area contributed by atoms with Crippen molar-refractivity contribution >= 4 is 17.6 Å². The Labute approximate surface area is 250 Å². The third-order valence-electron chi connectivity index (χ3n) is 8.66. The lowest BCUT2D eigenvalue weighted by Gasteiger charge is -2.33. The van der Waals surface area contributed by atoms with Crippen LogP contribution in [0.25, 0.3) is 0 Å². The Morgan fingerprint density at radius 2 is 1.81 bits per heavy atom. The van der Waals surface area contributed by atoms with Gasteiger partial charge in [0.2, 0.25) is 5.91 Å². The predicted octanol–water partition coefficient (Wildman–Crippen LogP) is 5.25.